The summed E-state index contributed by atoms with van der Waals surface area (Å²) >= 11 is 2.70. The van der Waals surface area contributed by atoms with E-state index in [0.29, 0.717) is 0 Å². The van der Waals surface area contributed by atoms with Crippen molar-refractivity contribution in [3.05, 3.63) is 0 Å². The molecule has 0 aromatic carbocycles. The van der Waals surface area contributed by atoms with E-state index in [4.69, 9.17) is 20.4 Å². The first-order valence-corrected chi connectivity index (χ1v) is 14.6. The Labute approximate surface area is 183 Å². The van der Waals surface area contributed by atoms with Gasteiger partial charge in [-0.3, -0.25) is 0 Å². The third-order valence-corrected chi connectivity index (χ3v) is 0. The summed E-state index contributed by atoms with van der Waals surface area (Å²) in [4.78, 5) is 0. The van der Waals surface area contributed by atoms with E-state index in [-0.39, 0.29) is 0 Å². The molecular formula is C18H46In2O4. The van der Waals surface area contributed by atoms with Crippen molar-refractivity contribution in [1.29, 1.82) is 0 Å². The standard InChI is InChI=1S/4C4H10O.2CH3.2In/c4*1-4(2,3)5;;;;/h4*5H,1-3H3;2*1H3;;. The van der Waals surface area contributed by atoms with Crippen molar-refractivity contribution in [2.75, 3.05) is 0 Å². The molecule has 0 atom stereocenters. The van der Waals surface area contributed by atoms with Gasteiger partial charge in [0.15, 0.2) is 0 Å². The first-order valence-electron chi connectivity index (χ1n) is 8.05. The predicted molar refractivity (Wildman–Crippen MR) is 111 cm³/mol. The van der Waals surface area contributed by atoms with Crippen LogP contribution in [0, 0.1) is 0 Å². The summed E-state index contributed by atoms with van der Waals surface area (Å²) in [6, 6.07) is 0. The molecule has 0 spiro atoms. The van der Waals surface area contributed by atoms with Gasteiger partial charge in [0.2, 0.25) is 0 Å². The van der Waals surface area contributed by atoms with Crippen LogP contribution in [0.5, 0.6) is 0 Å². The zero-order valence-electron chi connectivity index (χ0n) is 18.9. The Hall–Kier alpha value is 1.58. The molecule has 0 amide bonds. The fourth-order valence-corrected chi connectivity index (χ4v) is 0. The van der Waals surface area contributed by atoms with Crippen molar-refractivity contribution in [3.63, 3.8) is 0 Å². The van der Waals surface area contributed by atoms with Crippen LogP contribution in [-0.4, -0.2) is 91.6 Å². The van der Waals surface area contributed by atoms with Crippen molar-refractivity contribution >= 4 is 48.7 Å². The van der Waals surface area contributed by atoms with Gasteiger partial charge in [-0.05, 0) is 83.1 Å². The van der Waals surface area contributed by atoms with Crippen molar-refractivity contribution in [2.24, 2.45) is 0 Å². The Kier molecular flexibility index (Phi) is 35.1. The second kappa shape index (κ2) is 20.9. The molecule has 0 rings (SSSR count). The van der Waals surface area contributed by atoms with Gasteiger partial charge in [-0.2, -0.15) is 0 Å². The van der Waals surface area contributed by atoms with Gasteiger partial charge in [0, 0.05) is 0 Å². The molecule has 0 saturated carbocycles. The quantitative estimate of drug-likeness (QED) is 0.369. The normalized spacial score (nSPS) is 10.4. The molecule has 0 heterocycles. The van der Waals surface area contributed by atoms with Crippen molar-refractivity contribution < 1.29 is 20.4 Å². The minimum absolute atomic E-state index is 0.500. The number of hydrogen-bond donors (Lipinski definition) is 4. The molecule has 0 aliphatic carbocycles. The summed E-state index contributed by atoms with van der Waals surface area (Å²) < 4.78 is 4.26. The zero-order valence-corrected chi connectivity index (χ0v) is 25.5. The van der Waals surface area contributed by atoms with Gasteiger partial charge < -0.3 is 20.4 Å². The average Bonchev–Trinajstić information content (AvgIpc) is 2.12. The Morgan fingerprint density at radius 2 is 0.333 bits per heavy atom. The average molecular weight is 556 g/mol. The SMILES string of the molecule is CC(C)(C)O.CC(C)(C)O.CC(C)(C)O.CC(C)(C)O.[CH3][In].[CH3][In]. The Morgan fingerprint density at radius 1 is 0.333 bits per heavy atom. The van der Waals surface area contributed by atoms with E-state index in [9.17, 15) is 0 Å². The molecular weight excluding hydrogens is 510 g/mol. The van der Waals surface area contributed by atoms with Gasteiger partial charge in [-0.25, -0.2) is 0 Å². The topological polar surface area (TPSA) is 80.9 Å². The minimum atomic E-state index is -0.500. The fraction of sp³-hybridized carbons (Fsp3) is 1.00. The molecule has 4 nitrogen and oxygen atoms in total. The van der Waals surface area contributed by atoms with Gasteiger partial charge >= 0.3 is 58.1 Å². The molecule has 0 aliphatic heterocycles. The molecule has 24 heavy (non-hydrogen) atoms. The van der Waals surface area contributed by atoms with E-state index in [1.54, 1.807) is 83.1 Å². The summed E-state index contributed by atoms with van der Waals surface area (Å²) in [7, 11) is 0. The summed E-state index contributed by atoms with van der Waals surface area (Å²) in [5.74, 6) is 0. The molecule has 0 aromatic heterocycles. The molecule has 6 heteroatoms. The second-order valence-electron chi connectivity index (χ2n) is 8.68. The van der Waals surface area contributed by atoms with E-state index in [2.05, 4.69) is 9.36 Å². The molecule has 0 fully saturated rings. The van der Waals surface area contributed by atoms with E-state index in [0.717, 1.165) is 0 Å². The van der Waals surface area contributed by atoms with Gasteiger partial charge in [-0.1, -0.05) is 0 Å². The Bertz CT molecular complexity index is 135. The zero-order chi connectivity index (χ0) is 22.0. The van der Waals surface area contributed by atoms with Gasteiger partial charge in [0.05, 0.1) is 22.4 Å². The van der Waals surface area contributed by atoms with E-state index in [1.807, 2.05) is 0 Å². The molecule has 0 aromatic rings. The van der Waals surface area contributed by atoms with E-state index < -0.39 is 22.4 Å². The van der Waals surface area contributed by atoms with Crippen LogP contribution in [0.4, 0.5) is 0 Å². The maximum atomic E-state index is 8.52. The Balaban J connectivity index is -0.0000000420. The van der Waals surface area contributed by atoms with Crippen molar-refractivity contribution in [1.82, 2.24) is 0 Å². The molecule has 148 valence electrons. The summed E-state index contributed by atoms with van der Waals surface area (Å²) in [5.41, 5.74) is -2.00. The van der Waals surface area contributed by atoms with Crippen LogP contribution >= 0.6 is 0 Å². The number of rotatable bonds is 0. The van der Waals surface area contributed by atoms with Crippen molar-refractivity contribution in [2.45, 2.75) is 115 Å². The van der Waals surface area contributed by atoms with Crippen LogP contribution in [-0.2, 0) is 0 Å². The van der Waals surface area contributed by atoms with Crippen molar-refractivity contribution in [3.8, 4) is 0 Å². The molecule has 4 N–H and O–H groups in total. The van der Waals surface area contributed by atoms with Gasteiger partial charge in [0.25, 0.3) is 0 Å². The molecule has 0 bridgehead atoms. The van der Waals surface area contributed by atoms with E-state index >= 15 is 0 Å². The Morgan fingerprint density at radius 3 is 0.333 bits per heavy atom. The van der Waals surface area contributed by atoms with Crippen LogP contribution in [0.1, 0.15) is 83.1 Å². The maximum absolute atomic E-state index is 8.52. The molecule has 0 saturated heterocycles. The molecule has 4 radical (unpaired) electrons. The third-order valence-electron chi connectivity index (χ3n) is 0. The summed E-state index contributed by atoms with van der Waals surface area (Å²) in [6.45, 7) is 20.9. The van der Waals surface area contributed by atoms with E-state index in [1.165, 1.54) is 48.7 Å². The fourth-order valence-electron chi connectivity index (χ4n) is 0. The van der Waals surface area contributed by atoms with Crippen LogP contribution < -0.4 is 0 Å². The van der Waals surface area contributed by atoms with Crippen LogP contribution in [0.15, 0.2) is 0 Å². The molecule has 0 unspecified atom stereocenters. The number of aliphatic hydroxyl groups is 4. The molecule has 0 aliphatic rings. The van der Waals surface area contributed by atoms with Gasteiger partial charge in [-0.15, -0.1) is 0 Å². The monoisotopic (exact) mass is 556 g/mol. The second-order valence-corrected chi connectivity index (χ2v) is 8.68. The number of hydrogen-bond acceptors (Lipinski definition) is 4. The predicted octanol–water partition coefficient (Wildman–Crippen LogP) is 3.51. The van der Waals surface area contributed by atoms with Crippen LogP contribution in [0.3, 0.4) is 0 Å². The van der Waals surface area contributed by atoms with Crippen LogP contribution in [0.25, 0.3) is 0 Å². The van der Waals surface area contributed by atoms with Gasteiger partial charge in [0.1, 0.15) is 0 Å². The van der Waals surface area contributed by atoms with Crippen LogP contribution in [0.2, 0.25) is 9.36 Å². The third kappa shape index (κ3) is 4810. The summed E-state index contributed by atoms with van der Waals surface area (Å²) in [5, 5.41) is 34.1. The summed E-state index contributed by atoms with van der Waals surface area (Å²) in [6.07, 6.45) is 0. The first-order chi connectivity index (χ1) is 10.0. The first kappa shape index (κ1) is 40.3.